The third-order valence-corrected chi connectivity index (χ3v) is 8.19. The Morgan fingerprint density at radius 3 is 2.58 bits per heavy atom. The fourth-order valence-corrected chi connectivity index (χ4v) is 6.16. The predicted molar refractivity (Wildman–Crippen MR) is 156 cm³/mol. The van der Waals surface area contributed by atoms with E-state index in [1.165, 1.54) is 18.4 Å². The summed E-state index contributed by atoms with van der Waals surface area (Å²) in [5, 5.41) is 14.1. The summed E-state index contributed by atoms with van der Waals surface area (Å²) in [6.07, 6.45) is 6.20. The molecule has 0 saturated heterocycles. The van der Waals surface area contributed by atoms with Crippen molar-refractivity contribution < 1.29 is 9.47 Å². The summed E-state index contributed by atoms with van der Waals surface area (Å²) in [7, 11) is 3.29. The Morgan fingerprint density at radius 2 is 1.85 bits per heavy atom. The molecule has 4 aromatic rings. The minimum atomic E-state index is -0.0548. The molecule has 0 unspecified atom stereocenters. The Labute approximate surface area is 235 Å². The number of methoxy groups -OCH3 is 2. The molecule has 0 bridgehead atoms. The van der Waals surface area contributed by atoms with Crippen molar-refractivity contribution >= 4 is 10.9 Å². The zero-order valence-corrected chi connectivity index (χ0v) is 24.2. The van der Waals surface area contributed by atoms with Crippen molar-refractivity contribution in [1.82, 2.24) is 30.1 Å². The Kier molecular flexibility index (Phi) is 8.49. The largest absolute Gasteiger partial charge is 0.493 e. The number of rotatable bonds is 11. The Balaban J connectivity index is 1.50. The molecule has 1 aliphatic rings. The molecule has 1 fully saturated rings. The van der Waals surface area contributed by atoms with Gasteiger partial charge in [-0.15, -0.1) is 5.10 Å². The molecule has 5 rings (SSSR count). The number of fused-ring (bicyclic) bond motifs is 1. The Morgan fingerprint density at radius 1 is 1.07 bits per heavy atom. The van der Waals surface area contributed by atoms with Gasteiger partial charge >= 0.3 is 0 Å². The van der Waals surface area contributed by atoms with Crippen LogP contribution in [0.15, 0.2) is 41.2 Å². The lowest BCUT2D eigenvalue weighted by molar-refractivity contribution is 0.169. The first-order valence-corrected chi connectivity index (χ1v) is 14.3. The van der Waals surface area contributed by atoms with Crippen LogP contribution in [-0.2, 0) is 13.0 Å². The van der Waals surface area contributed by atoms with Crippen LogP contribution in [-0.4, -0.2) is 50.9 Å². The van der Waals surface area contributed by atoms with Crippen molar-refractivity contribution in [3.8, 4) is 11.5 Å². The molecule has 0 aliphatic heterocycles. The third-order valence-electron chi connectivity index (χ3n) is 8.19. The average Bonchev–Trinajstić information content (AvgIpc) is 3.65. The summed E-state index contributed by atoms with van der Waals surface area (Å²) in [6, 6.07) is 12.6. The third kappa shape index (κ3) is 5.75. The fraction of sp³-hybridized carbons (Fsp3) is 0.484. The molecule has 9 heteroatoms. The summed E-state index contributed by atoms with van der Waals surface area (Å²) in [5.74, 6) is 2.30. The summed E-state index contributed by atoms with van der Waals surface area (Å²) < 4.78 is 13.0. The zero-order chi connectivity index (χ0) is 28.2. The second kappa shape index (κ2) is 12.2. The van der Waals surface area contributed by atoms with E-state index < -0.39 is 0 Å². The van der Waals surface area contributed by atoms with Crippen LogP contribution in [0, 0.1) is 13.8 Å². The van der Waals surface area contributed by atoms with Gasteiger partial charge in [-0.2, -0.15) is 0 Å². The summed E-state index contributed by atoms with van der Waals surface area (Å²) in [4.78, 5) is 18.9. The smallest absolute Gasteiger partial charge is 0.252 e. The number of hydrogen-bond acceptors (Lipinski definition) is 7. The molecule has 2 aromatic carbocycles. The number of aryl methyl sites for hydroxylation is 2. The highest BCUT2D eigenvalue weighted by atomic mass is 16.5. The quantitative estimate of drug-likeness (QED) is 0.268. The van der Waals surface area contributed by atoms with Gasteiger partial charge in [0.1, 0.15) is 0 Å². The molecule has 2 aromatic heterocycles. The van der Waals surface area contributed by atoms with Crippen LogP contribution in [0.1, 0.15) is 79.2 Å². The van der Waals surface area contributed by atoms with Gasteiger partial charge in [-0.1, -0.05) is 37.5 Å². The highest BCUT2D eigenvalue weighted by molar-refractivity contribution is 5.82. The Bertz CT molecular complexity index is 1520. The average molecular weight is 545 g/mol. The second-order valence-electron chi connectivity index (χ2n) is 10.9. The van der Waals surface area contributed by atoms with E-state index in [2.05, 4.69) is 57.5 Å². The number of hydrogen-bond donors (Lipinski definition) is 1. The van der Waals surface area contributed by atoms with Crippen LogP contribution in [0.4, 0.5) is 0 Å². The van der Waals surface area contributed by atoms with E-state index in [9.17, 15) is 4.79 Å². The van der Waals surface area contributed by atoms with E-state index in [0.29, 0.717) is 24.1 Å². The molecule has 0 radical (unpaired) electrons. The van der Waals surface area contributed by atoms with E-state index in [1.54, 1.807) is 14.2 Å². The molecular formula is C31H40N6O3. The summed E-state index contributed by atoms with van der Waals surface area (Å²) in [5.41, 5.74) is 4.96. The van der Waals surface area contributed by atoms with Gasteiger partial charge in [0.05, 0.1) is 31.8 Å². The van der Waals surface area contributed by atoms with E-state index >= 15 is 0 Å². The monoisotopic (exact) mass is 544 g/mol. The highest BCUT2D eigenvalue weighted by Gasteiger charge is 2.29. The van der Waals surface area contributed by atoms with Crippen molar-refractivity contribution in [3.63, 3.8) is 0 Å². The lowest BCUT2D eigenvalue weighted by Crippen LogP contribution is -2.34. The molecule has 2 heterocycles. The van der Waals surface area contributed by atoms with Crippen molar-refractivity contribution in [1.29, 1.82) is 0 Å². The first-order chi connectivity index (χ1) is 19.4. The zero-order valence-electron chi connectivity index (χ0n) is 24.2. The normalized spacial score (nSPS) is 14.8. The van der Waals surface area contributed by atoms with Crippen LogP contribution in [0.5, 0.6) is 11.5 Å². The molecule has 0 spiro atoms. The molecular weight excluding hydrogens is 504 g/mol. The molecule has 1 N–H and O–H groups in total. The standard InChI is InChI=1S/C31H40N6O3/c1-6-26(30-33-34-35-37(30)25-9-7-8-10-25)36(14-13-22-11-12-27(39-4)28(17-22)40-5)19-24-18-23-16-20(2)15-21(3)29(23)32-31(24)38/h11-12,15-18,25-26H,6-10,13-14,19H2,1-5H3,(H,32,38)/t26-/m0/s1. The minimum Gasteiger partial charge on any atom is -0.493 e. The molecule has 212 valence electrons. The van der Waals surface area contributed by atoms with Gasteiger partial charge in [0, 0.05) is 18.7 Å². The van der Waals surface area contributed by atoms with Crippen LogP contribution < -0.4 is 15.0 Å². The van der Waals surface area contributed by atoms with Crippen LogP contribution in [0.2, 0.25) is 0 Å². The van der Waals surface area contributed by atoms with Crippen LogP contribution in [0.25, 0.3) is 10.9 Å². The number of aromatic amines is 1. The first kappa shape index (κ1) is 27.8. The van der Waals surface area contributed by atoms with Gasteiger partial charge in [-0.25, -0.2) is 4.68 Å². The van der Waals surface area contributed by atoms with Crippen molar-refractivity contribution in [2.24, 2.45) is 0 Å². The maximum atomic E-state index is 13.3. The SMILES string of the molecule is CC[C@@H](c1nnnn1C1CCCC1)N(CCc1ccc(OC)c(OC)c1)Cc1cc2cc(C)cc(C)c2[nH]c1=O. The molecule has 1 aliphatic carbocycles. The van der Waals surface area contributed by atoms with E-state index in [1.807, 2.05) is 29.8 Å². The van der Waals surface area contributed by atoms with E-state index in [4.69, 9.17) is 9.47 Å². The van der Waals surface area contributed by atoms with Gasteiger partial charge in [-0.3, -0.25) is 9.69 Å². The number of nitrogens with one attached hydrogen (secondary N) is 1. The van der Waals surface area contributed by atoms with Crippen LogP contribution in [0.3, 0.4) is 0 Å². The number of aromatic nitrogens is 5. The van der Waals surface area contributed by atoms with Gasteiger partial charge in [0.2, 0.25) is 0 Å². The van der Waals surface area contributed by atoms with Crippen molar-refractivity contribution in [2.45, 2.75) is 77.9 Å². The number of ether oxygens (including phenoxy) is 2. The van der Waals surface area contributed by atoms with Crippen molar-refractivity contribution in [2.75, 3.05) is 20.8 Å². The first-order valence-electron chi connectivity index (χ1n) is 14.3. The second-order valence-corrected chi connectivity index (χ2v) is 10.9. The molecule has 40 heavy (non-hydrogen) atoms. The summed E-state index contributed by atoms with van der Waals surface area (Å²) >= 11 is 0. The van der Waals surface area contributed by atoms with Gasteiger partial charge in [0.15, 0.2) is 17.3 Å². The Hall–Kier alpha value is -3.72. The number of H-pyrrole nitrogens is 1. The molecule has 1 saturated carbocycles. The number of tetrazole rings is 1. The molecule has 0 amide bonds. The minimum absolute atomic E-state index is 0.0370. The lowest BCUT2D eigenvalue weighted by atomic mass is 10.0. The predicted octanol–water partition coefficient (Wildman–Crippen LogP) is 5.46. The van der Waals surface area contributed by atoms with Gasteiger partial charge < -0.3 is 14.5 Å². The molecule has 1 atom stereocenters. The van der Waals surface area contributed by atoms with Crippen LogP contribution >= 0.6 is 0 Å². The van der Waals surface area contributed by atoms with E-state index in [0.717, 1.165) is 65.6 Å². The van der Waals surface area contributed by atoms with Crippen molar-refractivity contribution in [3.05, 3.63) is 74.8 Å². The highest BCUT2D eigenvalue weighted by Crippen LogP contribution is 2.33. The lowest BCUT2D eigenvalue weighted by Gasteiger charge is -2.31. The number of benzene rings is 2. The topological polar surface area (TPSA) is 98.2 Å². The van der Waals surface area contributed by atoms with E-state index in [-0.39, 0.29) is 11.6 Å². The molecule has 9 nitrogen and oxygen atoms in total. The fourth-order valence-electron chi connectivity index (χ4n) is 6.16. The summed E-state index contributed by atoms with van der Waals surface area (Å²) in [6.45, 7) is 7.50. The van der Waals surface area contributed by atoms with Gasteiger partial charge in [-0.05, 0) is 90.7 Å². The number of pyridine rings is 1. The maximum Gasteiger partial charge on any atom is 0.252 e. The maximum absolute atomic E-state index is 13.3. The van der Waals surface area contributed by atoms with Gasteiger partial charge in [0.25, 0.3) is 5.56 Å². The number of nitrogens with zero attached hydrogens (tertiary/aromatic N) is 5.